The molecular formula is C15H30BNO3. The normalized spacial score (nSPS) is 9.10. The van der Waals surface area contributed by atoms with E-state index in [9.17, 15) is 0 Å². The minimum absolute atomic E-state index is 0. The first kappa shape index (κ1) is 24.0. The summed E-state index contributed by atoms with van der Waals surface area (Å²) in [6.07, 6.45) is 3.70. The Balaban J connectivity index is -0.000000361. The van der Waals surface area contributed by atoms with Crippen molar-refractivity contribution in [2.75, 3.05) is 35.3 Å². The van der Waals surface area contributed by atoms with E-state index in [2.05, 4.69) is 54.5 Å². The third-order valence-electron chi connectivity index (χ3n) is 2.05. The van der Waals surface area contributed by atoms with Crippen LogP contribution in [0.3, 0.4) is 0 Å². The molecule has 0 aliphatic heterocycles. The molecule has 0 aliphatic rings. The maximum absolute atomic E-state index is 5.08. The van der Waals surface area contributed by atoms with Gasteiger partial charge in [-0.1, -0.05) is 0 Å². The summed E-state index contributed by atoms with van der Waals surface area (Å²) >= 11 is 0. The zero-order valence-corrected chi connectivity index (χ0v) is 13.8. The van der Waals surface area contributed by atoms with Crippen LogP contribution in [-0.2, 0) is 0 Å². The van der Waals surface area contributed by atoms with E-state index in [0.717, 1.165) is 10.2 Å². The van der Waals surface area contributed by atoms with Gasteiger partial charge in [0.05, 0.1) is 28.2 Å². The smallest absolute Gasteiger partial charge is 0.0675 e. The predicted molar refractivity (Wildman–Crippen MR) is 85.9 cm³/mol. The second-order valence-electron chi connectivity index (χ2n) is 5.80. The zero-order valence-electron chi connectivity index (χ0n) is 13.8. The first-order valence-electron chi connectivity index (χ1n) is 6.63. The number of unbranched alkanes of at least 4 members (excludes halogenated alkanes) is 1. The Morgan fingerprint density at radius 3 is 1.80 bits per heavy atom. The first-order chi connectivity index (χ1) is 8.36. The van der Waals surface area contributed by atoms with E-state index in [-0.39, 0.29) is 11.0 Å². The van der Waals surface area contributed by atoms with E-state index >= 15 is 0 Å². The van der Waals surface area contributed by atoms with Gasteiger partial charge < -0.3 is 15.4 Å². The largest absolute Gasteiger partial charge is 0.870 e. The molecule has 0 amide bonds. The number of methoxy groups -OCH3 is 1. The van der Waals surface area contributed by atoms with Gasteiger partial charge in [-0.3, -0.25) is 0 Å². The van der Waals surface area contributed by atoms with Gasteiger partial charge in [0.1, 0.15) is 0 Å². The number of ether oxygens (including phenoxy) is 1. The fourth-order valence-electron chi connectivity index (χ4n) is 1.21. The molecule has 0 fully saturated rings. The average molecular weight is 283 g/mol. The van der Waals surface area contributed by atoms with Gasteiger partial charge >= 0.3 is 80.7 Å². The summed E-state index contributed by atoms with van der Waals surface area (Å²) in [6.45, 7) is 2.21. The summed E-state index contributed by atoms with van der Waals surface area (Å²) in [6, 6.07) is 8.18. The van der Waals surface area contributed by atoms with Gasteiger partial charge in [0.15, 0.2) is 0 Å². The molecule has 20 heavy (non-hydrogen) atoms. The number of nitrogens with zero attached hydrogens (tertiary/aromatic N) is 1. The maximum Gasteiger partial charge on any atom is 0.0675 e. The van der Waals surface area contributed by atoms with Crippen molar-refractivity contribution in [2.24, 2.45) is 0 Å². The van der Waals surface area contributed by atoms with Crippen LogP contribution < -0.4 is 10.2 Å². The van der Waals surface area contributed by atoms with Crippen molar-refractivity contribution in [1.29, 1.82) is 0 Å². The number of hydrogen-bond donors (Lipinski definition) is 0. The molecule has 0 bridgehead atoms. The Morgan fingerprint density at radius 2 is 1.45 bits per heavy atom. The number of rotatable bonds is 5. The van der Waals surface area contributed by atoms with E-state index in [1.54, 1.807) is 7.11 Å². The maximum atomic E-state index is 5.08. The molecule has 0 unspecified atom stereocenters. The third kappa shape index (κ3) is 17.0. The van der Waals surface area contributed by atoms with Crippen molar-refractivity contribution in [3.05, 3.63) is 24.3 Å². The molecular weight excluding hydrogens is 253 g/mol. The Bertz CT molecular complexity index is 304. The predicted octanol–water partition coefficient (Wildman–Crippen LogP) is 2.21. The minimum Gasteiger partial charge on any atom is -0.870 e. The molecule has 2 N–H and O–H groups in total. The summed E-state index contributed by atoms with van der Waals surface area (Å²) in [4.78, 5) is 0. The van der Waals surface area contributed by atoms with E-state index < -0.39 is 0 Å². The van der Waals surface area contributed by atoms with E-state index in [1.807, 2.05) is 12.1 Å². The Morgan fingerprint density at radius 1 is 1.00 bits per heavy atom. The van der Waals surface area contributed by atoms with Gasteiger partial charge in [-0.15, -0.1) is 0 Å². The van der Waals surface area contributed by atoms with Crippen LogP contribution in [0.15, 0.2) is 24.3 Å². The molecule has 0 spiro atoms. The molecule has 0 saturated carbocycles. The van der Waals surface area contributed by atoms with Crippen molar-refractivity contribution in [1.82, 2.24) is 0 Å². The number of hydrogen-bond acceptors (Lipinski definition) is 3. The quantitative estimate of drug-likeness (QED) is 0.472. The van der Waals surface area contributed by atoms with Crippen LogP contribution in [0.4, 0.5) is 0 Å². The van der Waals surface area contributed by atoms with Crippen LogP contribution in [0.5, 0.6) is 5.75 Å². The molecule has 0 radical (unpaired) electrons. The zero-order chi connectivity index (χ0) is 14.0. The summed E-state index contributed by atoms with van der Waals surface area (Å²) in [5, 5.41) is 0. The van der Waals surface area contributed by atoms with Crippen molar-refractivity contribution >= 4 is 12.7 Å². The molecule has 0 heterocycles. The molecule has 0 atom stereocenters. The van der Waals surface area contributed by atoms with Gasteiger partial charge in [-0.2, -0.15) is 0 Å². The molecule has 0 aromatic heterocycles. The Labute approximate surface area is 125 Å². The molecule has 0 saturated heterocycles. The van der Waals surface area contributed by atoms with Crippen LogP contribution in [0, 0.1) is 0 Å². The minimum atomic E-state index is 0. The van der Waals surface area contributed by atoms with E-state index in [1.165, 1.54) is 24.6 Å². The molecule has 1 aromatic rings. The Kier molecular flexibility index (Phi) is 15.6. The molecule has 1 aromatic carbocycles. The second-order valence-corrected chi connectivity index (χ2v) is 5.80. The SMILES string of the molecule is CCCC[B+]c1ccc(OC)cc1.C[N+](C)(C)C.[OH-].[OH-]. The van der Waals surface area contributed by atoms with Crippen LogP contribution >= 0.6 is 0 Å². The molecule has 116 valence electrons. The molecule has 5 heteroatoms. The van der Waals surface area contributed by atoms with Gasteiger partial charge in [0, 0.05) is 0 Å². The summed E-state index contributed by atoms with van der Waals surface area (Å²) in [7, 11) is 12.5. The fourth-order valence-corrected chi connectivity index (χ4v) is 1.21. The second kappa shape index (κ2) is 13.0. The van der Waals surface area contributed by atoms with Crippen LogP contribution in [0.1, 0.15) is 19.8 Å². The standard InChI is InChI=1S/C11H16BO.C4H12N.2H2O/c1-3-4-9-12-10-5-7-11(13-2)8-6-10;1-5(2,3)4;;/h5-8H,3-4,9H2,1-2H3;1-4H3;2*1H2/q2*+1;;/p-2. The van der Waals surface area contributed by atoms with Crippen molar-refractivity contribution < 1.29 is 20.2 Å². The van der Waals surface area contributed by atoms with Gasteiger partial charge in [0.25, 0.3) is 0 Å². The third-order valence-corrected chi connectivity index (χ3v) is 2.05. The van der Waals surface area contributed by atoms with Crippen LogP contribution in [0.25, 0.3) is 0 Å². The van der Waals surface area contributed by atoms with Crippen molar-refractivity contribution in [3.8, 4) is 5.75 Å². The van der Waals surface area contributed by atoms with E-state index in [0.29, 0.717) is 0 Å². The number of benzene rings is 1. The summed E-state index contributed by atoms with van der Waals surface area (Å²) in [5.41, 5.74) is 1.29. The van der Waals surface area contributed by atoms with Gasteiger partial charge in [-0.05, 0) is 0 Å². The molecule has 4 nitrogen and oxygen atoms in total. The summed E-state index contributed by atoms with van der Waals surface area (Å²) < 4.78 is 6.08. The first-order valence-corrected chi connectivity index (χ1v) is 6.63. The average Bonchev–Trinajstić information content (AvgIpc) is 2.28. The van der Waals surface area contributed by atoms with Gasteiger partial charge in [0.2, 0.25) is 0 Å². The monoisotopic (exact) mass is 283 g/mol. The van der Waals surface area contributed by atoms with Crippen molar-refractivity contribution in [2.45, 2.75) is 26.1 Å². The van der Waals surface area contributed by atoms with Crippen LogP contribution in [-0.4, -0.2) is 58.0 Å². The molecule has 0 aliphatic carbocycles. The summed E-state index contributed by atoms with van der Waals surface area (Å²) in [5.74, 6) is 0.924. The van der Waals surface area contributed by atoms with E-state index in [4.69, 9.17) is 4.74 Å². The molecule has 1 rings (SSSR count). The van der Waals surface area contributed by atoms with Crippen molar-refractivity contribution in [3.63, 3.8) is 0 Å². The topological polar surface area (TPSA) is 69.2 Å². The number of quaternary nitrogens is 1. The Hall–Kier alpha value is -1.04. The fraction of sp³-hybridized carbons (Fsp3) is 0.600. The van der Waals surface area contributed by atoms with Gasteiger partial charge in [-0.25, -0.2) is 0 Å². The van der Waals surface area contributed by atoms with Crippen LogP contribution in [0.2, 0.25) is 6.32 Å².